The molecule has 1 N–H and O–H groups in total. The number of benzene rings is 2. The van der Waals surface area contributed by atoms with Crippen LogP contribution in [0.5, 0.6) is 5.75 Å². The molecule has 0 spiro atoms. The minimum Gasteiger partial charge on any atom is -0.495 e. The summed E-state index contributed by atoms with van der Waals surface area (Å²) < 4.78 is 8.80. The summed E-state index contributed by atoms with van der Waals surface area (Å²) >= 11 is 14.9. The number of H-pyrrole nitrogens is 1. The average Bonchev–Trinajstić information content (AvgIpc) is 2.74. The van der Waals surface area contributed by atoms with Gasteiger partial charge in [-0.3, -0.25) is 4.57 Å². The van der Waals surface area contributed by atoms with Crippen molar-refractivity contribution in [1.82, 2.24) is 9.55 Å². The van der Waals surface area contributed by atoms with Gasteiger partial charge in [0.1, 0.15) is 5.75 Å². The normalized spacial score (nSPS) is 10.9. The number of aromatic nitrogens is 2. The number of nitrogens with one attached hydrogen (secondary N) is 1. The van der Waals surface area contributed by atoms with Crippen molar-refractivity contribution in [2.24, 2.45) is 0 Å². The van der Waals surface area contributed by atoms with Crippen LogP contribution in [0.25, 0.3) is 16.7 Å². The molecule has 2 aromatic carbocycles. The highest BCUT2D eigenvalue weighted by molar-refractivity contribution is 9.10. The van der Waals surface area contributed by atoms with Gasteiger partial charge < -0.3 is 9.72 Å². The van der Waals surface area contributed by atoms with Gasteiger partial charge in [-0.25, -0.2) is 0 Å². The standard InChI is InChI=1S/C14H10BrClN2OS/c1-19-13-7-9(3-4-10(13)15)18-12-5-2-8(16)6-11(12)17-14(18)20/h2-7H,1H3,(H,17,20). The first-order chi connectivity index (χ1) is 9.60. The summed E-state index contributed by atoms with van der Waals surface area (Å²) in [5.41, 5.74) is 2.82. The maximum Gasteiger partial charge on any atom is 0.182 e. The Balaban J connectivity index is 2.29. The Morgan fingerprint density at radius 1 is 1.25 bits per heavy atom. The molecule has 0 aliphatic rings. The monoisotopic (exact) mass is 368 g/mol. The summed E-state index contributed by atoms with van der Waals surface area (Å²) in [6.45, 7) is 0. The van der Waals surface area contributed by atoms with Crippen LogP contribution in [-0.4, -0.2) is 16.7 Å². The fourth-order valence-electron chi connectivity index (χ4n) is 2.13. The van der Waals surface area contributed by atoms with Gasteiger partial charge in [0.05, 0.1) is 28.3 Å². The van der Waals surface area contributed by atoms with E-state index >= 15 is 0 Å². The Morgan fingerprint density at radius 2 is 2.05 bits per heavy atom. The fourth-order valence-corrected chi connectivity index (χ4v) is 3.02. The molecule has 1 aromatic heterocycles. The molecule has 102 valence electrons. The molecule has 0 atom stereocenters. The smallest absolute Gasteiger partial charge is 0.182 e. The fraction of sp³-hybridized carbons (Fsp3) is 0.0714. The summed E-state index contributed by atoms with van der Waals surface area (Å²) in [6.07, 6.45) is 0. The molecular weight excluding hydrogens is 360 g/mol. The molecule has 0 saturated carbocycles. The lowest BCUT2D eigenvalue weighted by atomic mass is 10.2. The van der Waals surface area contributed by atoms with Crippen LogP contribution in [0.2, 0.25) is 5.02 Å². The second-order valence-corrected chi connectivity index (χ2v) is 5.92. The van der Waals surface area contributed by atoms with Gasteiger partial charge in [0, 0.05) is 11.1 Å². The molecule has 3 aromatic rings. The molecular formula is C14H10BrClN2OS. The van der Waals surface area contributed by atoms with Gasteiger partial charge in [-0.1, -0.05) is 11.6 Å². The summed E-state index contributed by atoms with van der Waals surface area (Å²) in [4.78, 5) is 3.16. The Morgan fingerprint density at radius 3 is 2.80 bits per heavy atom. The third-order valence-electron chi connectivity index (χ3n) is 3.04. The quantitative estimate of drug-likeness (QED) is 0.636. The molecule has 0 unspecified atom stereocenters. The number of rotatable bonds is 2. The summed E-state index contributed by atoms with van der Waals surface area (Å²) in [6, 6.07) is 11.5. The lowest BCUT2D eigenvalue weighted by Crippen LogP contribution is -1.95. The van der Waals surface area contributed by atoms with Crippen molar-refractivity contribution >= 4 is 50.8 Å². The van der Waals surface area contributed by atoms with Gasteiger partial charge in [-0.2, -0.15) is 0 Å². The van der Waals surface area contributed by atoms with Crippen molar-refractivity contribution in [2.45, 2.75) is 0 Å². The van der Waals surface area contributed by atoms with Crippen LogP contribution in [0.15, 0.2) is 40.9 Å². The number of aromatic amines is 1. The Labute approximate surface area is 134 Å². The number of methoxy groups -OCH3 is 1. The van der Waals surface area contributed by atoms with Gasteiger partial charge >= 0.3 is 0 Å². The lowest BCUT2D eigenvalue weighted by molar-refractivity contribution is 0.412. The van der Waals surface area contributed by atoms with Crippen molar-refractivity contribution in [1.29, 1.82) is 0 Å². The largest absolute Gasteiger partial charge is 0.495 e. The van der Waals surface area contributed by atoms with Gasteiger partial charge in [0.2, 0.25) is 0 Å². The number of imidazole rings is 1. The lowest BCUT2D eigenvalue weighted by Gasteiger charge is -2.08. The average molecular weight is 370 g/mol. The van der Waals surface area contributed by atoms with E-state index < -0.39 is 0 Å². The molecule has 20 heavy (non-hydrogen) atoms. The molecule has 3 rings (SSSR count). The minimum atomic E-state index is 0.617. The molecule has 0 aliphatic heterocycles. The predicted octanol–water partition coefficient (Wildman–Crippen LogP) is 5.11. The zero-order valence-electron chi connectivity index (χ0n) is 10.5. The highest BCUT2D eigenvalue weighted by Crippen LogP contribution is 2.29. The SMILES string of the molecule is COc1cc(-n2c(=S)[nH]c3cc(Cl)ccc32)ccc1Br. The van der Waals surface area contributed by atoms with Gasteiger partial charge in [-0.05, 0) is 58.5 Å². The van der Waals surface area contributed by atoms with E-state index in [1.165, 1.54) is 0 Å². The first-order valence-electron chi connectivity index (χ1n) is 5.84. The third kappa shape index (κ3) is 2.26. The number of ether oxygens (including phenoxy) is 1. The van der Waals surface area contributed by atoms with E-state index in [1.807, 2.05) is 41.0 Å². The van der Waals surface area contributed by atoms with E-state index in [1.54, 1.807) is 7.11 Å². The van der Waals surface area contributed by atoms with Gasteiger partial charge in [-0.15, -0.1) is 0 Å². The van der Waals surface area contributed by atoms with E-state index in [0.29, 0.717) is 9.79 Å². The topological polar surface area (TPSA) is 29.9 Å². The summed E-state index contributed by atoms with van der Waals surface area (Å²) in [5, 5.41) is 0.675. The van der Waals surface area contributed by atoms with E-state index in [4.69, 9.17) is 28.6 Å². The maximum absolute atomic E-state index is 6.01. The third-order valence-corrected chi connectivity index (χ3v) is 4.21. The molecule has 0 aliphatic carbocycles. The van der Waals surface area contributed by atoms with Crippen LogP contribution in [-0.2, 0) is 0 Å². The predicted molar refractivity (Wildman–Crippen MR) is 87.7 cm³/mol. The first kappa shape index (κ1) is 13.7. The first-order valence-corrected chi connectivity index (χ1v) is 7.42. The van der Waals surface area contributed by atoms with Gasteiger partial charge in [0.25, 0.3) is 0 Å². The molecule has 0 amide bonds. The summed E-state index contributed by atoms with van der Waals surface area (Å²) in [7, 11) is 1.64. The second kappa shape index (κ2) is 5.24. The van der Waals surface area contributed by atoms with Crippen molar-refractivity contribution in [3.63, 3.8) is 0 Å². The number of nitrogens with zero attached hydrogens (tertiary/aromatic N) is 1. The molecule has 0 radical (unpaired) electrons. The molecule has 3 nitrogen and oxygen atoms in total. The van der Waals surface area contributed by atoms with Crippen LogP contribution in [0, 0.1) is 4.77 Å². The number of halogens is 2. The second-order valence-electron chi connectivity index (χ2n) is 4.25. The molecule has 0 fully saturated rings. The van der Waals surface area contributed by atoms with Crippen molar-refractivity contribution in [3.8, 4) is 11.4 Å². The van der Waals surface area contributed by atoms with Crippen molar-refractivity contribution in [2.75, 3.05) is 7.11 Å². The highest BCUT2D eigenvalue weighted by atomic mass is 79.9. The molecule has 0 bridgehead atoms. The van der Waals surface area contributed by atoms with Crippen LogP contribution >= 0.6 is 39.7 Å². The summed E-state index contributed by atoms with van der Waals surface area (Å²) in [5.74, 6) is 0.757. The number of hydrogen-bond donors (Lipinski definition) is 1. The van der Waals surface area contributed by atoms with E-state index in [9.17, 15) is 0 Å². The molecule has 6 heteroatoms. The van der Waals surface area contributed by atoms with Crippen LogP contribution in [0.4, 0.5) is 0 Å². The number of fused-ring (bicyclic) bond motifs is 1. The van der Waals surface area contributed by atoms with E-state index in [0.717, 1.165) is 26.9 Å². The maximum atomic E-state index is 6.01. The number of hydrogen-bond acceptors (Lipinski definition) is 2. The minimum absolute atomic E-state index is 0.617. The zero-order valence-corrected chi connectivity index (χ0v) is 13.6. The Bertz CT molecular complexity index is 856. The Kier molecular flexibility index (Phi) is 3.58. The van der Waals surface area contributed by atoms with Gasteiger partial charge in [0.15, 0.2) is 4.77 Å². The van der Waals surface area contributed by atoms with Crippen LogP contribution in [0.1, 0.15) is 0 Å². The van der Waals surface area contributed by atoms with Crippen molar-refractivity contribution < 1.29 is 4.74 Å². The zero-order chi connectivity index (χ0) is 14.3. The van der Waals surface area contributed by atoms with Crippen molar-refractivity contribution in [3.05, 3.63) is 50.7 Å². The van der Waals surface area contributed by atoms with E-state index in [2.05, 4.69) is 20.9 Å². The van der Waals surface area contributed by atoms with Crippen LogP contribution in [0.3, 0.4) is 0 Å². The van der Waals surface area contributed by atoms with E-state index in [-0.39, 0.29) is 0 Å². The Hall–Kier alpha value is -1.30. The van der Waals surface area contributed by atoms with Crippen LogP contribution < -0.4 is 4.74 Å². The molecule has 0 saturated heterocycles. The highest BCUT2D eigenvalue weighted by Gasteiger charge is 2.09. The molecule has 1 heterocycles.